The molecular formula is C42H34N6O2S. The first-order chi connectivity index (χ1) is 24.9. The van der Waals surface area contributed by atoms with Crippen LogP contribution in [0.2, 0.25) is 0 Å². The van der Waals surface area contributed by atoms with E-state index in [1.807, 2.05) is 109 Å². The van der Waals surface area contributed by atoms with Crippen LogP contribution in [0, 0.1) is 0 Å². The van der Waals surface area contributed by atoms with E-state index in [9.17, 15) is 8.42 Å². The van der Waals surface area contributed by atoms with Crippen molar-refractivity contribution in [3.05, 3.63) is 187 Å². The summed E-state index contributed by atoms with van der Waals surface area (Å²) in [5, 5.41) is 5.73. The van der Waals surface area contributed by atoms with Crippen LogP contribution in [0.3, 0.4) is 0 Å². The summed E-state index contributed by atoms with van der Waals surface area (Å²) in [6.45, 7) is 0. The van der Waals surface area contributed by atoms with E-state index in [0.29, 0.717) is 16.6 Å². The largest absolute Gasteiger partial charge is 0.363 e. The Labute approximate surface area is 297 Å². The molecule has 4 heterocycles. The van der Waals surface area contributed by atoms with Gasteiger partial charge in [0.2, 0.25) is 0 Å². The molecule has 4 aromatic carbocycles. The maximum atomic E-state index is 14.2. The van der Waals surface area contributed by atoms with Crippen LogP contribution >= 0.6 is 0 Å². The van der Waals surface area contributed by atoms with E-state index in [1.54, 1.807) is 48.9 Å². The van der Waals surface area contributed by atoms with Crippen LogP contribution in [0.5, 0.6) is 0 Å². The molecule has 0 fully saturated rings. The molecule has 0 aliphatic carbocycles. The van der Waals surface area contributed by atoms with Crippen molar-refractivity contribution >= 4 is 26.9 Å². The molecule has 0 N–H and O–H groups in total. The molecule has 0 aliphatic heterocycles. The van der Waals surface area contributed by atoms with Crippen molar-refractivity contribution in [2.24, 2.45) is 0 Å². The predicted molar refractivity (Wildman–Crippen MR) is 202 cm³/mol. The van der Waals surface area contributed by atoms with Crippen molar-refractivity contribution < 1.29 is 8.42 Å². The van der Waals surface area contributed by atoms with Gasteiger partial charge in [-0.15, -0.1) is 0 Å². The van der Waals surface area contributed by atoms with E-state index in [0.717, 1.165) is 39.2 Å². The highest BCUT2D eigenvalue weighted by molar-refractivity contribution is 7.90. The minimum absolute atomic E-state index is 0.176. The van der Waals surface area contributed by atoms with E-state index < -0.39 is 15.6 Å². The molecule has 0 atom stereocenters. The lowest BCUT2D eigenvalue weighted by Gasteiger charge is -2.36. The molecule has 0 saturated carbocycles. The number of pyridine rings is 2. The van der Waals surface area contributed by atoms with Crippen LogP contribution in [0.1, 0.15) is 16.7 Å². The van der Waals surface area contributed by atoms with Crippen LogP contribution < -0.4 is 4.90 Å². The fraction of sp³-hybridized carbons (Fsp3) is 0.0714. The Morgan fingerprint density at radius 2 is 1.14 bits per heavy atom. The number of benzene rings is 4. The number of nitrogens with zero attached hydrogens (tertiary/aromatic N) is 6. The van der Waals surface area contributed by atoms with E-state index in [1.165, 1.54) is 3.97 Å². The highest BCUT2D eigenvalue weighted by atomic mass is 32.2. The monoisotopic (exact) mass is 686 g/mol. The van der Waals surface area contributed by atoms with Crippen LogP contribution in [-0.2, 0) is 15.6 Å². The third-order valence-electron chi connectivity index (χ3n) is 9.26. The third-order valence-corrected chi connectivity index (χ3v) is 10.9. The number of fused-ring (bicyclic) bond motifs is 1. The first kappa shape index (κ1) is 31.9. The molecule has 0 radical (unpaired) electrons. The lowest BCUT2D eigenvalue weighted by atomic mass is 9.77. The second-order valence-corrected chi connectivity index (χ2v) is 14.3. The molecule has 9 heteroatoms. The first-order valence-electron chi connectivity index (χ1n) is 16.5. The molecule has 0 unspecified atom stereocenters. The lowest BCUT2D eigenvalue weighted by Crippen LogP contribution is -2.38. The summed E-state index contributed by atoms with van der Waals surface area (Å²) < 4.78 is 31.6. The van der Waals surface area contributed by atoms with Crippen LogP contribution in [-0.4, -0.2) is 46.2 Å². The first-order valence-corrected chi connectivity index (χ1v) is 18.0. The van der Waals surface area contributed by atoms with Crippen molar-refractivity contribution in [2.75, 3.05) is 19.0 Å². The highest BCUT2D eigenvalue weighted by Crippen LogP contribution is 2.42. The zero-order valence-electron chi connectivity index (χ0n) is 28.1. The fourth-order valence-corrected chi connectivity index (χ4v) is 8.10. The van der Waals surface area contributed by atoms with Crippen molar-refractivity contribution in [3.63, 3.8) is 0 Å². The summed E-state index contributed by atoms with van der Waals surface area (Å²) in [7, 11) is -0.0979. The van der Waals surface area contributed by atoms with Gasteiger partial charge in [0.25, 0.3) is 10.0 Å². The number of aromatic nitrogens is 5. The molecule has 51 heavy (non-hydrogen) atoms. The van der Waals surface area contributed by atoms with Gasteiger partial charge in [0.1, 0.15) is 11.4 Å². The smallest absolute Gasteiger partial charge is 0.269 e. The van der Waals surface area contributed by atoms with E-state index in [4.69, 9.17) is 10.1 Å². The minimum atomic E-state index is -3.99. The number of hydrogen-bond donors (Lipinski definition) is 0. The molecular weight excluding hydrogens is 653 g/mol. The minimum Gasteiger partial charge on any atom is -0.363 e. The Kier molecular flexibility index (Phi) is 8.04. The van der Waals surface area contributed by atoms with E-state index in [-0.39, 0.29) is 4.90 Å². The second-order valence-electron chi connectivity index (χ2n) is 12.5. The zero-order valence-corrected chi connectivity index (χ0v) is 28.9. The molecule has 0 bridgehead atoms. The van der Waals surface area contributed by atoms with Crippen molar-refractivity contribution in [1.82, 2.24) is 23.7 Å². The zero-order chi connectivity index (χ0) is 35.0. The Morgan fingerprint density at radius 1 is 0.588 bits per heavy atom. The van der Waals surface area contributed by atoms with Gasteiger partial charge in [-0.2, -0.15) is 5.10 Å². The molecule has 4 aromatic heterocycles. The summed E-state index contributed by atoms with van der Waals surface area (Å²) >= 11 is 0. The Hall–Kier alpha value is -6.32. The maximum Gasteiger partial charge on any atom is 0.269 e. The van der Waals surface area contributed by atoms with Gasteiger partial charge >= 0.3 is 0 Å². The molecule has 8 nitrogen and oxygen atoms in total. The SMILES string of the molecule is CN(C)c1ccc(-c2cnc3c(c2)c(-c2cnn(C(c4ccccc4)(c4ccccc4)c4ccccc4)c2)cn3S(=O)(=O)c2ccccc2)cn1. The normalized spacial score (nSPS) is 11.9. The van der Waals surface area contributed by atoms with Crippen molar-refractivity contribution in [3.8, 4) is 22.3 Å². The number of rotatable bonds is 9. The molecule has 0 spiro atoms. The van der Waals surface area contributed by atoms with E-state index >= 15 is 0 Å². The van der Waals surface area contributed by atoms with Gasteiger partial charge in [0.05, 0.1) is 11.1 Å². The summed E-state index contributed by atoms with van der Waals surface area (Å²) in [5.74, 6) is 0.833. The molecule has 250 valence electrons. The maximum absolute atomic E-state index is 14.2. The quantitative estimate of drug-likeness (QED) is 0.143. The average Bonchev–Trinajstić information content (AvgIpc) is 3.83. The van der Waals surface area contributed by atoms with Gasteiger partial charge in [-0.1, -0.05) is 109 Å². The van der Waals surface area contributed by atoms with Crippen LogP contribution in [0.25, 0.3) is 33.3 Å². The van der Waals surface area contributed by atoms with Gasteiger partial charge in [-0.05, 0) is 47.0 Å². The van der Waals surface area contributed by atoms with Crippen LogP contribution in [0.15, 0.2) is 175 Å². The number of hydrogen-bond acceptors (Lipinski definition) is 6. The Balaban J connectivity index is 1.37. The summed E-state index contributed by atoms with van der Waals surface area (Å²) in [6, 6.07) is 45.3. The second kappa shape index (κ2) is 12.9. The Bertz CT molecular complexity index is 2450. The van der Waals surface area contributed by atoms with Crippen LogP contribution in [0.4, 0.5) is 5.82 Å². The fourth-order valence-electron chi connectivity index (χ4n) is 6.76. The lowest BCUT2D eigenvalue weighted by molar-refractivity contribution is 0.460. The van der Waals surface area contributed by atoms with Gasteiger partial charge in [-0.25, -0.2) is 22.4 Å². The van der Waals surface area contributed by atoms with Crippen molar-refractivity contribution in [1.29, 1.82) is 0 Å². The molecule has 0 aliphatic rings. The Morgan fingerprint density at radius 3 is 1.67 bits per heavy atom. The van der Waals surface area contributed by atoms with Gasteiger partial charge in [-0.3, -0.25) is 4.68 Å². The third kappa shape index (κ3) is 5.48. The van der Waals surface area contributed by atoms with Gasteiger partial charge in [0, 0.05) is 66.5 Å². The van der Waals surface area contributed by atoms with Gasteiger partial charge in [0.15, 0.2) is 5.65 Å². The molecule has 0 amide bonds. The predicted octanol–water partition coefficient (Wildman–Crippen LogP) is 8.11. The van der Waals surface area contributed by atoms with Gasteiger partial charge < -0.3 is 4.90 Å². The molecule has 8 aromatic rings. The highest BCUT2D eigenvalue weighted by Gasteiger charge is 2.39. The van der Waals surface area contributed by atoms with Crippen molar-refractivity contribution in [2.45, 2.75) is 10.4 Å². The standard InChI is InChI=1S/C42H34N6O2S/c1-46(2)40-24-23-31(26-43-40)32-25-38-39(30-47(41(38)44-27-32)51(49,50)37-21-13-6-14-22-37)33-28-45-48(29-33)42(34-15-7-3-8-16-34,35-17-9-4-10-18-35)36-19-11-5-12-20-36/h3-30H,1-2H3. The summed E-state index contributed by atoms with van der Waals surface area (Å²) in [4.78, 5) is 11.5. The topological polar surface area (TPSA) is 85.9 Å². The average molecular weight is 687 g/mol. The molecule has 0 saturated heterocycles. The summed E-state index contributed by atoms with van der Waals surface area (Å²) in [6.07, 6.45) is 8.97. The van der Waals surface area contributed by atoms with E-state index in [2.05, 4.69) is 41.4 Å². The number of anilines is 1. The summed E-state index contributed by atoms with van der Waals surface area (Å²) in [5.41, 5.74) is 5.70. The molecule has 8 rings (SSSR count).